The smallest absolute Gasteiger partial charge is 0.192 e. The Labute approximate surface area is 255 Å². The van der Waals surface area contributed by atoms with Crippen LogP contribution < -0.4 is 0 Å². The average molecular weight is 607 g/mol. The molecule has 5 rings (SSSR count). The molecule has 0 saturated carbocycles. The van der Waals surface area contributed by atoms with Crippen molar-refractivity contribution in [3.05, 3.63) is 24.8 Å². The second-order valence-corrected chi connectivity index (χ2v) is 21.1. The molecular formula is C34H58O7Si. The summed E-state index contributed by atoms with van der Waals surface area (Å²) in [7, 11) is -2.07. The molecule has 0 amide bonds. The lowest BCUT2D eigenvalue weighted by atomic mass is 9.80. The summed E-state index contributed by atoms with van der Waals surface area (Å²) in [6, 6.07) is 0. The summed E-state index contributed by atoms with van der Waals surface area (Å²) in [5, 5.41) is 11.6. The molecule has 5 aliphatic heterocycles. The fourth-order valence-corrected chi connectivity index (χ4v) is 8.96. The Morgan fingerprint density at radius 3 is 2.33 bits per heavy atom. The van der Waals surface area contributed by atoms with Crippen LogP contribution in [0.15, 0.2) is 24.8 Å². The van der Waals surface area contributed by atoms with Crippen LogP contribution in [0, 0.1) is 5.92 Å². The Bertz CT molecular complexity index is 1040. The van der Waals surface area contributed by atoms with E-state index in [-0.39, 0.29) is 65.9 Å². The minimum absolute atomic E-state index is 0.0702. The van der Waals surface area contributed by atoms with Gasteiger partial charge in [0.15, 0.2) is 8.32 Å². The monoisotopic (exact) mass is 606 g/mol. The molecule has 8 heteroatoms. The highest BCUT2D eigenvalue weighted by Gasteiger charge is 2.58. The van der Waals surface area contributed by atoms with Gasteiger partial charge in [-0.25, -0.2) is 0 Å². The molecular weight excluding hydrogens is 548 g/mol. The molecule has 5 heterocycles. The molecule has 240 valence electrons. The zero-order valence-electron chi connectivity index (χ0n) is 27.9. The van der Waals surface area contributed by atoms with E-state index in [0.29, 0.717) is 12.8 Å². The summed E-state index contributed by atoms with van der Waals surface area (Å²) < 4.78 is 40.4. The van der Waals surface area contributed by atoms with E-state index in [9.17, 15) is 5.11 Å². The second kappa shape index (κ2) is 11.0. The Morgan fingerprint density at radius 2 is 1.74 bits per heavy atom. The molecule has 0 unspecified atom stereocenters. The van der Waals surface area contributed by atoms with Crippen molar-refractivity contribution in [1.29, 1.82) is 0 Å². The standard InChI is InChI=1S/C34H58O7Si/c1-13-33(9)28(40-42(11,12)31(5,6)7)18-27-34(10,41-33)15-14-22-30(39-27)21(4)16-23-25(36-22)19-32(8,35)26(37-23)17-24-29(38-24)20(2)3/h13,21-30,35H,1-2,14-19H2,3-12H3/t21-,22+,23+,24+,25-,26-,27+,28-,29+,30-,32+,33+,34-/m1/s1. The van der Waals surface area contributed by atoms with Crippen molar-refractivity contribution in [3.8, 4) is 0 Å². The summed E-state index contributed by atoms with van der Waals surface area (Å²) in [5.41, 5.74) is -1.05. The molecule has 0 aliphatic carbocycles. The van der Waals surface area contributed by atoms with Gasteiger partial charge in [-0.3, -0.25) is 0 Å². The van der Waals surface area contributed by atoms with E-state index in [1.807, 2.05) is 19.9 Å². The van der Waals surface area contributed by atoms with E-state index in [4.69, 9.17) is 28.1 Å². The molecule has 7 nitrogen and oxygen atoms in total. The van der Waals surface area contributed by atoms with Crippen LogP contribution in [0.25, 0.3) is 0 Å². The lowest BCUT2D eigenvalue weighted by Gasteiger charge is -2.54. The number of rotatable bonds is 6. The molecule has 0 aromatic rings. The zero-order chi connectivity index (χ0) is 31.0. The van der Waals surface area contributed by atoms with Crippen LogP contribution in [0.2, 0.25) is 18.1 Å². The van der Waals surface area contributed by atoms with Crippen molar-refractivity contribution in [1.82, 2.24) is 0 Å². The molecule has 13 atom stereocenters. The van der Waals surface area contributed by atoms with E-state index < -0.39 is 25.1 Å². The van der Waals surface area contributed by atoms with Crippen molar-refractivity contribution >= 4 is 8.32 Å². The van der Waals surface area contributed by atoms with Crippen molar-refractivity contribution in [2.45, 2.75) is 184 Å². The number of epoxide rings is 1. The number of fused-ring (bicyclic) bond motifs is 3. The van der Waals surface area contributed by atoms with Crippen LogP contribution >= 0.6 is 0 Å². The van der Waals surface area contributed by atoms with E-state index in [1.165, 1.54) is 0 Å². The Kier molecular flexibility index (Phi) is 8.62. The highest BCUT2D eigenvalue weighted by molar-refractivity contribution is 6.74. The third-order valence-corrected chi connectivity index (χ3v) is 16.0. The third kappa shape index (κ3) is 6.13. The third-order valence-electron chi connectivity index (χ3n) is 11.6. The Balaban J connectivity index is 1.33. The molecule has 42 heavy (non-hydrogen) atoms. The molecule has 1 N–H and O–H groups in total. The van der Waals surface area contributed by atoms with Crippen LogP contribution in [-0.4, -0.2) is 85.2 Å². The summed E-state index contributed by atoms with van der Waals surface area (Å²) in [6.07, 6.45) is 5.51. The van der Waals surface area contributed by atoms with Gasteiger partial charge in [0.25, 0.3) is 0 Å². The molecule has 0 bridgehead atoms. The molecule has 5 fully saturated rings. The van der Waals surface area contributed by atoms with E-state index in [1.54, 1.807) is 0 Å². The van der Waals surface area contributed by atoms with Crippen molar-refractivity contribution in [2.24, 2.45) is 5.92 Å². The van der Waals surface area contributed by atoms with Gasteiger partial charge in [0.1, 0.15) is 11.7 Å². The van der Waals surface area contributed by atoms with Crippen LogP contribution in [-0.2, 0) is 28.1 Å². The number of aliphatic hydroxyl groups is 1. The Hall–Kier alpha value is -0.583. The fourth-order valence-electron chi connectivity index (χ4n) is 7.57. The molecule has 5 aliphatic rings. The highest BCUT2D eigenvalue weighted by Crippen LogP contribution is 2.50. The van der Waals surface area contributed by atoms with Crippen LogP contribution in [0.1, 0.15) is 93.9 Å². The summed E-state index contributed by atoms with van der Waals surface area (Å²) in [6.45, 7) is 30.1. The molecule has 5 saturated heterocycles. The predicted octanol–water partition coefficient (Wildman–Crippen LogP) is 6.48. The molecule has 0 aromatic carbocycles. The quantitative estimate of drug-likeness (QED) is 0.211. The number of ether oxygens (including phenoxy) is 5. The predicted molar refractivity (Wildman–Crippen MR) is 167 cm³/mol. The summed E-state index contributed by atoms with van der Waals surface area (Å²) >= 11 is 0. The zero-order valence-corrected chi connectivity index (χ0v) is 28.9. The van der Waals surface area contributed by atoms with Crippen LogP contribution in [0.4, 0.5) is 0 Å². The minimum atomic E-state index is -2.07. The first-order chi connectivity index (χ1) is 19.3. The first-order valence-corrected chi connectivity index (χ1v) is 19.2. The van der Waals surface area contributed by atoms with E-state index in [2.05, 4.69) is 67.8 Å². The van der Waals surface area contributed by atoms with Gasteiger partial charge in [0, 0.05) is 19.3 Å². The van der Waals surface area contributed by atoms with Crippen molar-refractivity contribution < 1.29 is 33.2 Å². The van der Waals surface area contributed by atoms with Crippen LogP contribution in [0.3, 0.4) is 0 Å². The lowest BCUT2D eigenvalue weighted by molar-refractivity contribution is -0.261. The topological polar surface area (TPSA) is 78.9 Å². The van der Waals surface area contributed by atoms with Crippen molar-refractivity contribution in [3.63, 3.8) is 0 Å². The minimum Gasteiger partial charge on any atom is -0.411 e. The van der Waals surface area contributed by atoms with E-state index >= 15 is 0 Å². The maximum absolute atomic E-state index is 11.5. The maximum Gasteiger partial charge on any atom is 0.192 e. The second-order valence-electron chi connectivity index (χ2n) is 16.4. The van der Waals surface area contributed by atoms with Crippen molar-refractivity contribution in [2.75, 3.05) is 0 Å². The van der Waals surface area contributed by atoms with Gasteiger partial charge >= 0.3 is 0 Å². The molecule has 0 radical (unpaired) electrons. The normalized spacial score (nSPS) is 49.5. The summed E-state index contributed by atoms with van der Waals surface area (Å²) in [4.78, 5) is 0. The SMILES string of the molecule is C=C[C@]1(C)O[C@]2(C)CC[C@@H]3O[C@@H]4C[C@](C)(O)[C@@H](C[C@@H]5O[C@H]5C(=C)C)O[C@H]4C[C@@H](C)[C@H]3O[C@H]2C[C@H]1O[Si](C)(C)C(C)(C)C. The van der Waals surface area contributed by atoms with Crippen LogP contribution in [0.5, 0.6) is 0 Å². The lowest BCUT2D eigenvalue weighted by Crippen LogP contribution is -2.63. The highest BCUT2D eigenvalue weighted by atomic mass is 28.4. The number of hydrogen-bond donors (Lipinski definition) is 1. The Morgan fingerprint density at radius 1 is 1.05 bits per heavy atom. The first-order valence-electron chi connectivity index (χ1n) is 16.3. The average Bonchev–Trinajstić information content (AvgIpc) is 3.66. The first kappa shape index (κ1) is 32.8. The van der Waals surface area contributed by atoms with E-state index in [0.717, 1.165) is 31.3 Å². The molecule has 0 aromatic heterocycles. The van der Waals surface area contributed by atoms with Gasteiger partial charge in [-0.05, 0) is 76.6 Å². The van der Waals surface area contributed by atoms with Gasteiger partial charge in [0.05, 0.1) is 60.0 Å². The van der Waals surface area contributed by atoms with Gasteiger partial charge in [-0.15, -0.1) is 6.58 Å². The van der Waals surface area contributed by atoms with Gasteiger partial charge in [0.2, 0.25) is 0 Å². The van der Waals surface area contributed by atoms with Gasteiger partial charge in [-0.1, -0.05) is 40.3 Å². The number of hydrogen-bond acceptors (Lipinski definition) is 7. The van der Waals surface area contributed by atoms with Gasteiger partial charge in [-0.2, -0.15) is 0 Å². The largest absolute Gasteiger partial charge is 0.411 e. The fraction of sp³-hybridized carbons (Fsp3) is 0.882. The van der Waals surface area contributed by atoms with Gasteiger partial charge < -0.3 is 33.2 Å². The maximum atomic E-state index is 11.5. The molecule has 0 spiro atoms. The summed E-state index contributed by atoms with van der Waals surface area (Å²) in [5.74, 6) is 0.226.